The highest BCUT2D eigenvalue weighted by Gasteiger charge is 2.41. The van der Waals surface area contributed by atoms with Crippen LogP contribution in [0.25, 0.3) is 11.2 Å². The molecule has 1 fully saturated rings. The molecule has 1 aromatic carbocycles. The van der Waals surface area contributed by atoms with Gasteiger partial charge in [-0.3, -0.25) is 18.4 Å². The number of H-pyrrole nitrogens is 1. The number of phosphoric acid groups is 1. The van der Waals surface area contributed by atoms with Crippen LogP contribution in [0.3, 0.4) is 0 Å². The van der Waals surface area contributed by atoms with Crippen molar-refractivity contribution in [2.45, 2.75) is 38.5 Å². The van der Waals surface area contributed by atoms with Crippen LogP contribution in [0.4, 0.5) is 4.39 Å². The molecule has 5 rings (SSSR count). The molecule has 2 aromatic heterocycles. The largest absolute Gasteiger partial charge is 0.530 e. The molecule has 0 radical (unpaired) electrons. The fourth-order valence-corrected chi connectivity index (χ4v) is 4.90. The topological polar surface area (TPSA) is 118 Å². The summed E-state index contributed by atoms with van der Waals surface area (Å²) in [6.07, 6.45) is -0.592. The van der Waals surface area contributed by atoms with Gasteiger partial charge in [0.15, 0.2) is 17.4 Å². The van der Waals surface area contributed by atoms with Crippen molar-refractivity contribution in [1.82, 2.24) is 19.5 Å². The third-order valence-corrected chi connectivity index (χ3v) is 6.38. The standard InChI is InChI=1S/C18H18FN4O6P/c1-10-3-2-4-11-6-26-30(25,29-15(10)11)27-7-12-5-13(19)18(28-12)23-9-22-14-16(23)20-8-21-17(14)24/h2-4,8-9,12-13,18H,5-7H2,1H3,(H,20,21,24)/t12?,13-,18?,30?/m0/s1. The number of halogens is 1. The number of alkyl halides is 1. The van der Waals surface area contributed by atoms with E-state index in [1.807, 2.05) is 25.1 Å². The molecule has 2 aliphatic heterocycles. The summed E-state index contributed by atoms with van der Waals surface area (Å²) in [6, 6.07) is 5.51. The van der Waals surface area contributed by atoms with Crippen molar-refractivity contribution < 1.29 is 27.3 Å². The molecule has 10 nitrogen and oxygen atoms in total. The summed E-state index contributed by atoms with van der Waals surface area (Å²) < 4.78 is 50.8. The van der Waals surface area contributed by atoms with Crippen molar-refractivity contribution in [3.05, 3.63) is 52.3 Å². The Hall–Kier alpha value is -2.59. The predicted octanol–water partition coefficient (Wildman–Crippen LogP) is 2.79. The average Bonchev–Trinajstić information content (AvgIpc) is 3.31. The first kappa shape index (κ1) is 19.4. The van der Waals surface area contributed by atoms with E-state index in [9.17, 15) is 13.8 Å². The molecule has 4 heterocycles. The van der Waals surface area contributed by atoms with Gasteiger partial charge in [-0.15, -0.1) is 0 Å². The fraction of sp³-hybridized carbons (Fsp3) is 0.389. The van der Waals surface area contributed by atoms with Gasteiger partial charge < -0.3 is 14.2 Å². The van der Waals surface area contributed by atoms with Crippen LogP contribution in [-0.2, 0) is 25.0 Å². The van der Waals surface area contributed by atoms with Crippen molar-refractivity contribution in [3.8, 4) is 5.75 Å². The maximum Gasteiger partial charge on any atom is 0.530 e. The van der Waals surface area contributed by atoms with E-state index in [2.05, 4.69) is 15.0 Å². The van der Waals surface area contributed by atoms with E-state index in [1.165, 1.54) is 17.2 Å². The number of aromatic amines is 1. The second-order valence-corrected chi connectivity index (χ2v) is 8.72. The number of hydrogen-bond acceptors (Lipinski definition) is 8. The minimum absolute atomic E-state index is 0.00312. The highest BCUT2D eigenvalue weighted by atomic mass is 31.2. The maximum atomic E-state index is 14.7. The Labute approximate surface area is 169 Å². The molecule has 12 heteroatoms. The van der Waals surface area contributed by atoms with E-state index in [0.29, 0.717) is 5.75 Å². The predicted molar refractivity (Wildman–Crippen MR) is 102 cm³/mol. The zero-order valence-electron chi connectivity index (χ0n) is 15.9. The number of hydrogen-bond donors (Lipinski definition) is 1. The Morgan fingerprint density at radius 3 is 3.13 bits per heavy atom. The highest BCUT2D eigenvalue weighted by molar-refractivity contribution is 7.49. The molecule has 158 valence electrons. The number of para-hydroxylation sites is 1. The van der Waals surface area contributed by atoms with Crippen LogP contribution >= 0.6 is 7.82 Å². The van der Waals surface area contributed by atoms with Gasteiger partial charge in [0, 0.05) is 12.0 Å². The van der Waals surface area contributed by atoms with Crippen molar-refractivity contribution in [2.24, 2.45) is 0 Å². The first-order valence-electron chi connectivity index (χ1n) is 9.30. The Kier molecular flexibility index (Phi) is 4.70. The number of benzene rings is 1. The van der Waals surface area contributed by atoms with Crippen LogP contribution in [0.1, 0.15) is 23.8 Å². The van der Waals surface area contributed by atoms with E-state index >= 15 is 0 Å². The molecular weight excluding hydrogens is 418 g/mol. The molecule has 2 aliphatic rings. The first-order valence-corrected chi connectivity index (χ1v) is 10.8. The lowest BCUT2D eigenvalue weighted by atomic mass is 10.1. The zero-order valence-corrected chi connectivity index (χ0v) is 16.8. The molecule has 4 atom stereocenters. The summed E-state index contributed by atoms with van der Waals surface area (Å²) in [7, 11) is -3.85. The molecule has 0 aliphatic carbocycles. The lowest BCUT2D eigenvalue weighted by Gasteiger charge is -2.26. The molecule has 1 saturated heterocycles. The molecule has 30 heavy (non-hydrogen) atoms. The minimum Gasteiger partial charge on any atom is -0.403 e. The van der Waals surface area contributed by atoms with Gasteiger partial charge >= 0.3 is 7.82 Å². The Bertz CT molecular complexity index is 1210. The summed E-state index contributed by atoms with van der Waals surface area (Å²) >= 11 is 0. The van der Waals surface area contributed by atoms with Gasteiger partial charge in [-0.25, -0.2) is 18.9 Å². The van der Waals surface area contributed by atoms with Crippen LogP contribution in [0.15, 0.2) is 35.6 Å². The van der Waals surface area contributed by atoms with Crippen LogP contribution in [-0.4, -0.2) is 38.4 Å². The summed E-state index contributed by atoms with van der Waals surface area (Å²) in [5.74, 6) is 0.474. The van der Waals surface area contributed by atoms with Crippen LogP contribution in [0.2, 0.25) is 0 Å². The molecule has 0 spiro atoms. The quantitative estimate of drug-likeness (QED) is 0.621. The molecule has 3 aromatic rings. The van der Waals surface area contributed by atoms with Crippen molar-refractivity contribution >= 4 is 19.0 Å². The molecule has 3 unspecified atom stereocenters. The summed E-state index contributed by atoms with van der Waals surface area (Å²) in [5, 5.41) is 0. The molecule has 1 N–H and O–H groups in total. The second-order valence-electron chi connectivity index (χ2n) is 7.13. The van der Waals surface area contributed by atoms with E-state index in [0.717, 1.165) is 11.1 Å². The molecule has 0 saturated carbocycles. The third kappa shape index (κ3) is 3.33. The van der Waals surface area contributed by atoms with E-state index in [1.54, 1.807) is 0 Å². The normalized spacial score (nSPS) is 28.4. The summed E-state index contributed by atoms with van der Waals surface area (Å²) in [5.41, 5.74) is 1.48. The van der Waals surface area contributed by atoms with Crippen molar-refractivity contribution in [1.29, 1.82) is 0 Å². The monoisotopic (exact) mass is 436 g/mol. The zero-order chi connectivity index (χ0) is 20.9. The van der Waals surface area contributed by atoms with Crippen LogP contribution in [0, 0.1) is 6.92 Å². The van der Waals surface area contributed by atoms with Crippen molar-refractivity contribution in [2.75, 3.05) is 6.61 Å². The second kappa shape index (κ2) is 7.28. The van der Waals surface area contributed by atoms with Crippen molar-refractivity contribution in [3.63, 3.8) is 0 Å². The number of nitrogens with zero attached hydrogens (tertiary/aromatic N) is 3. The van der Waals surface area contributed by atoms with Gasteiger partial charge in [0.05, 0.1) is 32.0 Å². The Balaban J connectivity index is 1.28. The number of aromatic nitrogens is 4. The van der Waals surface area contributed by atoms with Gasteiger partial charge in [-0.2, -0.15) is 0 Å². The maximum absolute atomic E-state index is 14.7. The summed E-state index contributed by atoms with van der Waals surface area (Å²) in [4.78, 5) is 22.2. The number of phosphoric ester groups is 1. The van der Waals surface area contributed by atoms with Gasteiger partial charge in [0.1, 0.15) is 11.9 Å². The lowest BCUT2D eigenvalue weighted by Crippen LogP contribution is -2.19. The van der Waals surface area contributed by atoms with E-state index < -0.39 is 31.9 Å². The number of nitrogens with one attached hydrogen (secondary N) is 1. The average molecular weight is 436 g/mol. The number of aryl methyl sites for hydroxylation is 1. The van der Waals surface area contributed by atoms with E-state index in [4.69, 9.17) is 18.3 Å². The summed E-state index contributed by atoms with van der Waals surface area (Å²) in [6.45, 7) is 1.74. The SMILES string of the molecule is Cc1cccc2c1OP(=O)(OCC1C[C@H](F)C(n3cnc4c(=O)[nH]cnc43)O1)OC2. The highest BCUT2D eigenvalue weighted by Crippen LogP contribution is 2.55. The smallest absolute Gasteiger partial charge is 0.403 e. The fourth-order valence-electron chi connectivity index (χ4n) is 3.58. The number of fused-ring (bicyclic) bond motifs is 2. The first-order chi connectivity index (χ1) is 14.4. The minimum atomic E-state index is -3.85. The van der Waals surface area contributed by atoms with E-state index in [-0.39, 0.29) is 30.8 Å². The Morgan fingerprint density at radius 1 is 1.40 bits per heavy atom. The van der Waals surface area contributed by atoms with Crippen LogP contribution in [0.5, 0.6) is 5.75 Å². The Morgan fingerprint density at radius 2 is 2.27 bits per heavy atom. The number of ether oxygens (including phenoxy) is 1. The third-order valence-electron chi connectivity index (χ3n) is 5.06. The van der Waals surface area contributed by atoms with Gasteiger partial charge in [-0.05, 0) is 12.5 Å². The van der Waals surface area contributed by atoms with Gasteiger partial charge in [-0.1, -0.05) is 18.2 Å². The van der Waals surface area contributed by atoms with Gasteiger partial charge in [0.25, 0.3) is 5.56 Å². The van der Waals surface area contributed by atoms with Gasteiger partial charge in [0.2, 0.25) is 0 Å². The number of imidazole rings is 1. The molecular formula is C18H18FN4O6P. The van der Waals surface area contributed by atoms with Crippen LogP contribution < -0.4 is 10.1 Å². The number of rotatable bonds is 4. The molecule has 0 amide bonds. The lowest BCUT2D eigenvalue weighted by molar-refractivity contribution is -0.0362. The molecule has 0 bridgehead atoms.